The molecule has 1 aromatic carbocycles. The van der Waals surface area contributed by atoms with Gasteiger partial charge in [-0.05, 0) is 40.9 Å². The van der Waals surface area contributed by atoms with Crippen LogP contribution in [-0.4, -0.2) is 21.1 Å². The van der Waals surface area contributed by atoms with Crippen molar-refractivity contribution in [3.63, 3.8) is 0 Å². The van der Waals surface area contributed by atoms with Crippen LogP contribution in [0, 0.1) is 0 Å². The largest absolute Gasteiger partial charge is 0.353 e. The second kappa shape index (κ2) is 5.41. The van der Waals surface area contributed by atoms with Crippen LogP contribution in [0.4, 0.5) is 11.6 Å². The van der Waals surface area contributed by atoms with Gasteiger partial charge in [0.1, 0.15) is 0 Å². The van der Waals surface area contributed by atoms with Gasteiger partial charge in [-0.3, -0.25) is 9.78 Å². The molecular weight excluding hydrogens is 318 g/mol. The molecule has 5 rings (SSSR count). The van der Waals surface area contributed by atoms with E-state index < -0.39 is 0 Å². The molecule has 2 aliphatic rings. The summed E-state index contributed by atoms with van der Waals surface area (Å²) in [5.74, 6) is 1.17. The minimum absolute atomic E-state index is 0.147. The fraction of sp³-hybridized carbons (Fsp3) is 0.222. The third-order valence-electron chi connectivity index (χ3n) is 4.78. The van der Waals surface area contributed by atoms with Crippen molar-refractivity contribution in [3.05, 3.63) is 53.4 Å². The minimum Gasteiger partial charge on any atom is -0.353 e. The first-order valence-corrected chi connectivity index (χ1v) is 8.27. The summed E-state index contributed by atoms with van der Waals surface area (Å²) in [5, 5.41) is 15.4. The van der Waals surface area contributed by atoms with Crippen molar-refractivity contribution in [1.29, 1.82) is 0 Å². The quantitative estimate of drug-likeness (QED) is 0.706. The third kappa shape index (κ3) is 2.20. The van der Waals surface area contributed by atoms with E-state index in [0.717, 1.165) is 40.6 Å². The molecule has 7 nitrogen and oxygen atoms in total. The van der Waals surface area contributed by atoms with Gasteiger partial charge in [0.05, 0.1) is 11.6 Å². The molecular formula is C18H15N5O2. The van der Waals surface area contributed by atoms with E-state index in [0.29, 0.717) is 18.1 Å². The molecule has 0 unspecified atom stereocenters. The number of para-hydroxylation sites is 1. The van der Waals surface area contributed by atoms with Gasteiger partial charge in [0.25, 0.3) is 0 Å². The number of carbonyl (C=O) groups excluding carboxylic acids is 1. The monoisotopic (exact) mass is 333 g/mol. The standard InChI is InChI=1S/C18H15N5O2/c24-14-7-3-6-13-15(14)16(21-18-17(20-13)22-25-23-18)11-8-9-19-12-5-2-1-4-10(11)12/h1-2,4-5,8-9,16H,3,6-7H2,(H,20,22)(H,21,23)/t16-/m1/s1. The van der Waals surface area contributed by atoms with E-state index in [-0.39, 0.29) is 11.8 Å². The summed E-state index contributed by atoms with van der Waals surface area (Å²) in [6.45, 7) is 0. The van der Waals surface area contributed by atoms with Crippen molar-refractivity contribution < 1.29 is 9.42 Å². The fourth-order valence-corrected chi connectivity index (χ4v) is 3.65. The Kier molecular flexibility index (Phi) is 3.06. The molecule has 25 heavy (non-hydrogen) atoms. The fourth-order valence-electron chi connectivity index (χ4n) is 3.65. The lowest BCUT2D eigenvalue weighted by Gasteiger charge is -2.25. The number of Topliss-reactive ketones (excluding diaryl/α,β-unsaturated/α-hetero) is 1. The second-order valence-electron chi connectivity index (χ2n) is 6.25. The number of fused-ring (bicyclic) bond motifs is 2. The first-order chi connectivity index (χ1) is 12.3. The van der Waals surface area contributed by atoms with E-state index in [1.165, 1.54) is 0 Å². The summed E-state index contributed by atoms with van der Waals surface area (Å²) >= 11 is 0. The lowest BCUT2D eigenvalue weighted by atomic mass is 9.86. The average Bonchev–Trinajstić information content (AvgIpc) is 3.00. The number of nitrogens with zero attached hydrogens (tertiary/aromatic N) is 3. The molecule has 0 radical (unpaired) electrons. The number of nitrogens with one attached hydrogen (secondary N) is 2. The molecule has 0 saturated heterocycles. The molecule has 1 aliphatic heterocycles. The number of rotatable bonds is 1. The van der Waals surface area contributed by atoms with Crippen LogP contribution in [0.1, 0.15) is 30.9 Å². The zero-order valence-corrected chi connectivity index (χ0v) is 13.3. The van der Waals surface area contributed by atoms with Crippen molar-refractivity contribution in [2.24, 2.45) is 0 Å². The third-order valence-corrected chi connectivity index (χ3v) is 4.78. The predicted octanol–water partition coefficient (Wildman–Crippen LogP) is 3.20. The highest BCUT2D eigenvalue weighted by atomic mass is 16.6. The van der Waals surface area contributed by atoms with Gasteiger partial charge in [0.2, 0.25) is 11.6 Å². The molecule has 0 spiro atoms. The molecule has 3 heterocycles. The topological polar surface area (TPSA) is 92.9 Å². The number of aromatic nitrogens is 3. The van der Waals surface area contributed by atoms with Gasteiger partial charge in [0.15, 0.2) is 5.78 Å². The number of pyridine rings is 1. The molecule has 0 saturated carbocycles. The zero-order valence-electron chi connectivity index (χ0n) is 13.3. The number of hydrogen-bond donors (Lipinski definition) is 2. The van der Waals surface area contributed by atoms with Gasteiger partial charge in [-0.2, -0.15) is 0 Å². The van der Waals surface area contributed by atoms with Crippen molar-refractivity contribution in [2.45, 2.75) is 25.3 Å². The zero-order chi connectivity index (χ0) is 16.8. The highest BCUT2D eigenvalue weighted by molar-refractivity contribution is 6.01. The minimum atomic E-state index is -0.323. The van der Waals surface area contributed by atoms with Crippen LogP contribution < -0.4 is 10.6 Å². The van der Waals surface area contributed by atoms with Crippen LogP contribution in [0.5, 0.6) is 0 Å². The number of carbonyl (C=O) groups is 1. The van der Waals surface area contributed by atoms with Crippen molar-refractivity contribution in [1.82, 2.24) is 15.3 Å². The van der Waals surface area contributed by atoms with E-state index in [1.807, 2.05) is 30.3 Å². The molecule has 0 bridgehead atoms. The van der Waals surface area contributed by atoms with E-state index in [4.69, 9.17) is 4.63 Å². The molecule has 0 amide bonds. The maximum atomic E-state index is 12.8. The lowest BCUT2D eigenvalue weighted by Crippen LogP contribution is -2.24. The molecule has 124 valence electrons. The molecule has 2 aromatic heterocycles. The van der Waals surface area contributed by atoms with E-state index in [9.17, 15) is 4.79 Å². The van der Waals surface area contributed by atoms with Gasteiger partial charge in [0, 0.05) is 29.3 Å². The van der Waals surface area contributed by atoms with E-state index in [1.54, 1.807) is 6.20 Å². The SMILES string of the molecule is O=C1CCCC2=C1[C@@H](c1ccnc3ccccc13)Nc1nonc1N2. The highest BCUT2D eigenvalue weighted by Crippen LogP contribution is 2.40. The Labute approximate surface area is 143 Å². The van der Waals surface area contributed by atoms with Crippen LogP contribution in [-0.2, 0) is 4.79 Å². The lowest BCUT2D eigenvalue weighted by molar-refractivity contribution is -0.116. The van der Waals surface area contributed by atoms with Crippen LogP contribution >= 0.6 is 0 Å². The summed E-state index contributed by atoms with van der Waals surface area (Å²) in [5.41, 5.74) is 3.53. The predicted molar refractivity (Wildman–Crippen MR) is 91.9 cm³/mol. The molecule has 0 fully saturated rings. The smallest absolute Gasteiger partial charge is 0.219 e. The average molecular weight is 333 g/mol. The Bertz CT molecular complexity index is 1020. The first-order valence-electron chi connectivity index (χ1n) is 8.27. The Morgan fingerprint density at radius 3 is 2.92 bits per heavy atom. The van der Waals surface area contributed by atoms with Crippen LogP contribution in [0.15, 0.2) is 52.4 Å². The number of ketones is 1. The van der Waals surface area contributed by atoms with Crippen LogP contribution in [0.3, 0.4) is 0 Å². The number of anilines is 2. The normalized spacial score (nSPS) is 19.7. The maximum Gasteiger partial charge on any atom is 0.219 e. The first kappa shape index (κ1) is 14.2. The summed E-state index contributed by atoms with van der Waals surface area (Å²) in [6.07, 6.45) is 3.95. The summed E-state index contributed by atoms with van der Waals surface area (Å²) in [7, 11) is 0. The maximum absolute atomic E-state index is 12.8. The molecule has 1 atom stereocenters. The molecule has 1 aliphatic carbocycles. The number of benzene rings is 1. The molecule has 3 aromatic rings. The number of allylic oxidation sites excluding steroid dienone is 1. The molecule has 2 N–H and O–H groups in total. The van der Waals surface area contributed by atoms with Crippen LogP contribution in [0.25, 0.3) is 10.9 Å². The Morgan fingerprint density at radius 1 is 1.08 bits per heavy atom. The summed E-state index contributed by atoms with van der Waals surface area (Å²) < 4.78 is 4.86. The number of hydrogen-bond acceptors (Lipinski definition) is 7. The highest BCUT2D eigenvalue weighted by Gasteiger charge is 2.34. The summed E-state index contributed by atoms with van der Waals surface area (Å²) in [6, 6.07) is 9.55. The van der Waals surface area contributed by atoms with Crippen molar-refractivity contribution >= 4 is 28.3 Å². The van der Waals surface area contributed by atoms with E-state index in [2.05, 4.69) is 25.9 Å². The summed E-state index contributed by atoms with van der Waals surface area (Å²) in [4.78, 5) is 17.2. The van der Waals surface area contributed by atoms with Crippen molar-refractivity contribution in [2.75, 3.05) is 10.6 Å². The molecule has 7 heteroatoms. The Balaban J connectivity index is 1.76. The Morgan fingerprint density at radius 2 is 1.96 bits per heavy atom. The van der Waals surface area contributed by atoms with Gasteiger partial charge >= 0.3 is 0 Å². The van der Waals surface area contributed by atoms with Gasteiger partial charge in [-0.15, -0.1) is 0 Å². The van der Waals surface area contributed by atoms with Gasteiger partial charge in [-0.25, -0.2) is 4.63 Å². The van der Waals surface area contributed by atoms with Gasteiger partial charge in [-0.1, -0.05) is 18.2 Å². The van der Waals surface area contributed by atoms with E-state index >= 15 is 0 Å². The second-order valence-corrected chi connectivity index (χ2v) is 6.25. The van der Waals surface area contributed by atoms with Gasteiger partial charge < -0.3 is 10.6 Å². The van der Waals surface area contributed by atoms with Crippen LogP contribution in [0.2, 0.25) is 0 Å². The Hall–Kier alpha value is -3.22. The van der Waals surface area contributed by atoms with Crippen molar-refractivity contribution in [3.8, 4) is 0 Å².